The highest BCUT2D eigenvalue weighted by molar-refractivity contribution is 5.43. The summed E-state index contributed by atoms with van der Waals surface area (Å²) in [6.07, 6.45) is 1.57. The van der Waals surface area contributed by atoms with Gasteiger partial charge in [-0.25, -0.2) is 0 Å². The quantitative estimate of drug-likeness (QED) is 0.666. The molecular formula is C23H22O3. The van der Waals surface area contributed by atoms with Crippen LogP contribution in [0.1, 0.15) is 29.5 Å². The van der Waals surface area contributed by atoms with Crippen LogP contribution in [0.3, 0.4) is 0 Å². The Bertz CT molecular complexity index is 793. The summed E-state index contributed by atoms with van der Waals surface area (Å²) in [5.74, 6) is 1.43. The Kier molecular flexibility index (Phi) is 4.63. The van der Waals surface area contributed by atoms with Crippen molar-refractivity contribution < 1.29 is 14.6 Å². The molecule has 26 heavy (non-hydrogen) atoms. The molecule has 1 aliphatic rings. The van der Waals surface area contributed by atoms with Crippen molar-refractivity contribution in [2.24, 2.45) is 0 Å². The fraction of sp³-hybridized carbons (Fsp3) is 0.217. The molecule has 0 unspecified atom stereocenters. The minimum atomic E-state index is -0.725. The molecule has 1 saturated carbocycles. The summed E-state index contributed by atoms with van der Waals surface area (Å²) in [6.45, 7) is 0.974. The van der Waals surface area contributed by atoms with Gasteiger partial charge in [-0.2, -0.15) is 0 Å². The lowest BCUT2D eigenvalue weighted by Gasteiger charge is -2.15. The van der Waals surface area contributed by atoms with Crippen LogP contribution in [0.2, 0.25) is 0 Å². The molecule has 4 rings (SSSR count). The summed E-state index contributed by atoms with van der Waals surface area (Å²) >= 11 is 0. The van der Waals surface area contributed by atoms with Crippen LogP contribution >= 0.6 is 0 Å². The van der Waals surface area contributed by atoms with E-state index in [9.17, 15) is 5.11 Å². The molecule has 0 atom stereocenters. The Hall–Kier alpha value is -2.78. The van der Waals surface area contributed by atoms with Crippen molar-refractivity contribution in [3.63, 3.8) is 0 Å². The number of aliphatic hydroxyl groups is 1. The molecule has 0 aliphatic heterocycles. The molecule has 0 heterocycles. The average molecular weight is 346 g/mol. The summed E-state index contributed by atoms with van der Waals surface area (Å²) in [7, 11) is 0. The Morgan fingerprint density at radius 2 is 1.15 bits per heavy atom. The first kappa shape index (κ1) is 16.7. The molecule has 1 N–H and O–H groups in total. The number of hydrogen-bond acceptors (Lipinski definition) is 3. The molecule has 0 spiro atoms. The summed E-state index contributed by atoms with van der Waals surface area (Å²) in [5, 5.41) is 10.5. The zero-order chi connectivity index (χ0) is 17.8. The predicted molar refractivity (Wildman–Crippen MR) is 101 cm³/mol. The SMILES string of the molecule is OC1(c2cc(OCc3ccccc3)cc(OCc3ccccc3)c2)CC1. The molecule has 3 nitrogen and oxygen atoms in total. The number of rotatable bonds is 7. The van der Waals surface area contributed by atoms with Crippen LogP contribution < -0.4 is 9.47 Å². The first-order valence-corrected chi connectivity index (χ1v) is 8.93. The molecule has 0 bridgehead atoms. The molecule has 0 radical (unpaired) electrons. The van der Waals surface area contributed by atoms with Gasteiger partial charge in [0, 0.05) is 6.07 Å². The van der Waals surface area contributed by atoms with Gasteiger partial charge in [-0.3, -0.25) is 0 Å². The number of ether oxygens (including phenoxy) is 2. The summed E-state index contributed by atoms with van der Waals surface area (Å²) in [6, 6.07) is 25.8. The van der Waals surface area contributed by atoms with E-state index >= 15 is 0 Å². The third-order valence-corrected chi connectivity index (χ3v) is 4.64. The fourth-order valence-corrected chi connectivity index (χ4v) is 2.90. The van der Waals surface area contributed by atoms with E-state index in [1.807, 2.05) is 78.9 Å². The van der Waals surface area contributed by atoms with E-state index in [4.69, 9.17) is 9.47 Å². The maximum absolute atomic E-state index is 10.5. The van der Waals surface area contributed by atoms with Crippen LogP contribution in [-0.4, -0.2) is 5.11 Å². The second kappa shape index (κ2) is 7.22. The van der Waals surface area contributed by atoms with E-state index in [0.717, 1.165) is 41.0 Å². The van der Waals surface area contributed by atoms with Gasteiger partial charge in [-0.15, -0.1) is 0 Å². The van der Waals surface area contributed by atoms with Crippen molar-refractivity contribution in [2.75, 3.05) is 0 Å². The fourth-order valence-electron chi connectivity index (χ4n) is 2.90. The van der Waals surface area contributed by atoms with E-state index in [1.54, 1.807) is 0 Å². The Labute approximate surface area is 153 Å². The predicted octanol–water partition coefficient (Wildman–Crippen LogP) is 4.83. The van der Waals surface area contributed by atoms with Crippen LogP contribution in [-0.2, 0) is 18.8 Å². The van der Waals surface area contributed by atoms with Gasteiger partial charge < -0.3 is 14.6 Å². The summed E-state index contributed by atoms with van der Waals surface area (Å²) in [5.41, 5.74) is 2.35. The third kappa shape index (κ3) is 4.06. The number of benzene rings is 3. The van der Waals surface area contributed by atoms with Crippen molar-refractivity contribution in [1.29, 1.82) is 0 Å². The topological polar surface area (TPSA) is 38.7 Å². The van der Waals surface area contributed by atoms with Gasteiger partial charge in [0.15, 0.2) is 0 Å². The highest BCUT2D eigenvalue weighted by Crippen LogP contribution is 2.47. The van der Waals surface area contributed by atoms with Gasteiger partial charge in [0.1, 0.15) is 24.7 Å². The lowest BCUT2D eigenvalue weighted by molar-refractivity contribution is 0.150. The van der Waals surface area contributed by atoms with E-state index in [1.165, 1.54) is 0 Å². The number of hydrogen-bond donors (Lipinski definition) is 1. The Balaban J connectivity index is 1.51. The highest BCUT2D eigenvalue weighted by Gasteiger charge is 2.42. The highest BCUT2D eigenvalue weighted by atomic mass is 16.5. The van der Waals surface area contributed by atoms with Crippen molar-refractivity contribution in [3.05, 3.63) is 95.6 Å². The largest absolute Gasteiger partial charge is 0.489 e. The minimum absolute atomic E-state index is 0.487. The first-order valence-electron chi connectivity index (χ1n) is 8.93. The van der Waals surface area contributed by atoms with Gasteiger partial charge in [-0.05, 0) is 41.7 Å². The molecule has 1 aliphatic carbocycles. The van der Waals surface area contributed by atoms with Crippen LogP contribution in [0.15, 0.2) is 78.9 Å². The molecule has 1 fully saturated rings. The van der Waals surface area contributed by atoms with Gasteiger partial charge >= 0.3 is 0 Å². The summed E-state index contributed by atoms with van der Waals surface area (Å²) in [4.78, 5) is 0. The normalized spacial score (nSPS) is 14.7. The van der Waals surface area contributed by atoms with E-state index in [2.05, 4.69) is 0 Å². The van der Waals surface area contributed by atoms with Crippen molar-refractivity contribution in [2.45, 2.75) is 31.7 Å². The molecule has 0 aromatic heterocycles. The van der Waals surface area contributed by atoms with Crippen LogP contribution in [0.4, 0.5) is 0 Å². The molecular weight excluding hydrogens is 324 g/mol. The average Bonchev–Trinajstić information content (AvgIpc) is 3.45. The molecule has 3 aromatic carbocycles. The summed E-state index contributed by atoms with van der Waals surface area (Å²) < 4.78 is 11.9. The maximum Gasteiger partial charge on any atom is 0.123 e. The van der Waals surface area contributed by atoms with Crippen LogP contribution in [0.5, 0.6) is 11.5 Å². The molecule has 3 heteroatoms. The lowest BCUT2D eigenvalue weighted by atomic mass is 10.1. The molecule has 132 valence electrons. The second-order valence-electron chi connectivity index (χ2n) is 6.77. The third-order valence-electron chi connectivity index (χ3n) is 4.64. The van der Waals surface area contributed by atoms with E-state index in [-0.39, 0.29) is 0 Å². The zero-order valence-corrected chi connectivity index (χ0v) is 14.6. The minimum Gasteiger partial charge on any atom is -0.489 e. The van der Waals surface area contributed by atoms with Crippen molar-refractivity contribution in [1.82, 2.24) is 0 Å². The van der Waals surface area contributed by atoms with Crippen molar-refractivity contribution >= 4 is 0 Å². The first-order chi connectivity index (χ1) is 12.7. The molecule has 0 amide bonds. The van der Waals surface area contributed by atoms with Crippen molar-refractivity contribution in [3.8, 4) is 11.5 Å². The van der Waals surface area contributed by atoms with E-state index < -0.39 is 5.60 Å². The van der Waals surface area contributed by atoms with Gasteiger partial charge in [0.25, 0.3) is 0 Å². The zero-order valence-electron chi connectivity index (χ0n) is 14.6. The van der Waals surface area contributed by atoms with Gasteiger partial charge in [0.05, 0.1) is 5.60 Å². The molecule has 0 saturated heterocycles. The smallest absolute Gasteiger partial charge is 0.123 e. The van der Waals surface area contributed by atoms with Crippen LogP contribution in [0.25, 0.3) is 0 Å². The lowest BCUT2D eigenvalue weighted by Crippen LogP contribution is -2.06. The second-order valence-corrected chi connectivity index (χ2v) is 6.77. The molecule has 3 aromatic rings. The Morgan fingerprint density at radius 3 is 1.58 bits per heavy atom. The maximum atomic E-state index is 10.5. The van der Waals surface area contributed by atoms with Gasteiger partial charge in [-0.1, -0.05) is 60.7 Å². The standard InChI is InChI=1S/C23H22O3/c24-23(11-12-23)20-13-21(25-16-18-7-3-1-4-8-18)15-22(14-20)26-17-19-9-5-2-6-10-19/h1-10,13-15,24H,11-12,16-17H2. The monoisotopic (exact) mass is 346 g/mol. The Morgan fingerprint density at radius 1 is 0.692 bits per heavy atom. The van der Waals surface area contributed by atoms with E-state index in [0.29, 0.717) is 13.2 Å². The van der Waals surface area contributed by atoms with Crippen LogP contribution in [0, 0.1) is 0 Å². The van der Waals surface area contributed by atoms with Gasteiger partial charge in [0.2, 0.25) is 0 Å².